The van der Waals surface area contributed by atoms with Crippen molar-refractivity contribution < 1.29 is 19.4 Å². The minimum absolute atomic E-state index is 0.263. The highest BCUT2D eigenvalue weighted by atomic mass is 32.1. The largest absolute Gasteiger partial charge is 0.477 e. The molecule has 2 N–H and O–H groups in total. The van der Waals surface area contributed by atoms with Crippen LogP contribution in [0.3, 0.4) is 0 Å². The number of aromatic carboxylic acids is 1. The van der Waals surface area contributed by atoms with Crippen molar-refractivity contribution in [2.24, 2.45) is 0 Å². The van der Waals surface area contributed by atoms with E-state index in [2.05, 4.69) is 5.32 Å². The molecule has 0 aliphatic carbocycles. The van der Waals surface area contributed by atoms with Crippen LogP contribution >= 0.6 is 11.3 Å². The molecule has 0 bridgehead atoms. The van der Waals surface area contributed by atoms with Gasteiger partial charge in [-0.3, -0.25) is 0 Å². The van der Waals surface area contributed by atoms with Gasteiger partial charge in [-0.05, 0) is 18.2 Å². The fourth-order valence-corrected chi connectivity index (χ4v) is 2.85. The van der Waals surface area contributed by atoms with E-state index < -0.39 is 5.97 Å². The number of carbonyl (C=O) groups is 1. The summed E-state index contributed by atoms with van der Waals surface area (Å²) in [7, 11) is 0. The Hall–Kier alpha value is -2.05. The molecule has 104 valence electrons. The van der Waals surface area contributed by atoms with E-state index in [0.717, 1.165) is 21.9 Å². The van der Waals surface area contributed by atoms with E-state index in [4.69, 9.17) is 14.6 Å². The molecule has 1 aliphatic heterocycles. The van der Waals surface area contributed by atoms with Crippen molar-refractivity contribution in [1.29, 1.82) is 0 Å². The minimum atomic E-state index is -0.882. The molecule has 0 amide bonds. The Morgan fingerprint density at radius 2 is 2.15 bits per heavy atom. The maximum Gasteiger partial charge on any atom is 0.345 e. The van der Waals surface area contributed by atoms with Crippen LogP contribution in [0.15, 0.2) is 30.3 Å². The predicted molar refractivity (Wildman–Crippen MR) is 74.4 cm³/mol. The molecule has 20 heavy (non-hydrogen) atoms. The van der Waals surface area contributed by atoms with Crippen LogP contribution in [0, 0.1) is 0 Å². The summed E-state index contributed by atoms with van der Waals surface area (Å²) in [6.07, 6.45) is 0. The molecule has 0 saturated heterocycles. The summed E-state index contributed by atoms with van der Waals surface area (Å²) in [6, 6.07) is 9.25. The number of hydrogen-bond donors (Lipinski definition) is 2. The number of thiophene rings is 1. The lowest BCUT2D eigenvalue weighted by Crippen LogP contribution is -2.12. The maximum absolute atomic E-state index is 10.8. The predicted octanol–water partition coefficient (Wildman–Crippen LogP) is 2.46. The number of fused-ring (bicyclic) bond motifs is 1. The quantitative estimate of drug-likeness (QED) is 0.885. The molecule has 0 saturated carbocycles. The van der Waals surface area contributed by atoms with Gasteiger partial charge in [-0.25, -0.2) is 4.79 Å². The smallest absolute Gasteiger partial charge is 0.345 e. The molecule has 0 spiro atoms. The molecule has 1 aliphatic rings. The van der Waals surface area contributed by atoms with Crippen LogP contribution in [-0.2, 0) is 13.1 Å². The molecule has 0 fully saturated rings. The molecule has 6 heteroatoms. The number of carboxylic acid groups (broad SMARTS) is 1. The summed E-state index contributed by atoms with van der Waals surface area (Å²) in [5.74, 6) is 0.679. The third-order valence-electron chi connectivity index (χ3n) is 2.97. The first kappa shape index (κ1) is 13.0. The average Bonchev–Trinajstić information content (AvgIpc) is 3.07. The SMILES string of the molecule is O=C(O)c1ccc(CNCc2cccc3c2OCO3)s1. The molecular weight excluding hydrogens is 278 g/mol. The van der Waals surface area contributed by atoms with Crippen LogP contribution in [0.2, 0.25) is 0 Å². The fourth-order valence-electron chi connectivity index (χ4n) is 2.04. The number of hydrogen-bond acceptors (Lipinski definition) is 5. The Kier molecular flexibility index (Phi) is 3.58. The highest BCUT2D eigenvalue weighted by molar-refractivity contribution is 7.13. The van der Waals surface area contributed by atoms with E-state index in [-0.39, 0.29) is 6.79 Å². The zero-order valence-corrected chi connectivity index (χ0v) is 11.4. The normalized spacial score (nSPS) is 12.6. The Labute approximate surface area is 119 Å². The fraction of sp³-hybridized carbons (Fsp3) is 0.214. The van der Waals surface area contributed by atoms with Gasteiger partial charge in [0.15, 0.2) is 11.5 Å². The second-order valence-corrected chi connectivity index (χ2v) is 5.49. The first-order chi connectivity index (χ1) is 9.74. The lowest BCUT2D eigenvalue weighted by molar-refractivity contribution is 0.0702. The van der Waals surface area contributed by atoms with Gasteiger partial charge in [0, 0.05) is 23.5 Å². The molecule has 2 aromatic rings. The molecule has 3 rings (SSSR count). The van der Waals surface area contributed by atoms with E-state index in [1.54, 1.807) is 6.07 Å². The second kappa shape index (κ2) is 5.52. The Morgan fingerprint density at radius 1 is 1.25 bits per heavy atom. The lowest BCUT2D eigenvalue weighted by Gasteiger charge is -2.06. The van der Waals surface area contributed by atoms with E-state index in [9.17, 15) is 4.79 Å². The Balaban J connectivity index is 1.60. The van der Waals surface area contributed by atoms with Gasteiger partial charge < -0.3 is 19.9 Å². The molecule has 0 radical (unpaired) electrons. The van der Waals surface area contributed by atoms with Crippen molar-refractivity contribution in [3.63, 3.8) is 0 Å². The van der Waals surface area contributed by atoms with E-state index in [1.807, 2.05) is 24.3 Å². The van der Waals surface area contributed by atoms with Gasteiger partial charge in [0.1, 0.15) is 4.88 Å². The monoisotopic (exact) mass is 291 g/mol. The average molecular weight is 291 g/mol. The topological polar surface area (TPSA) is 67.8 Å². The van der Waals surface area contributed by atoms with Crippen LogP contribution in [0.25, 0.3) is 0 Å². The van der Waals surface area contributed by atoms with E-state index >= 15 is 0 Å². The summed E-state index contributed by atoms with van der Waals surface area (Å²) in [6.45, 7) is 1.54. The number of rotatable bonds is 5. The number of benzene rings is 1. The summed E-state index contributed by atoms with van der Waals surface area (Å²) in [5.41, 5.74) is 1.04. The standard InChI is InChI=1S/C14H13NO4S/c16-14(17)12-5-4-10(20-12)7-15-6-9-2-1-3-11-13(9)19-8-18-11/h1-5,15H,6-8H2,(H,16,17). The van der Waals surface area contributed by atoms with E-state index in [1.165, 1.54) is 11.3 Å². The Bertz CT molecular complexity index is 638. The van der Waals surface area contributed by atoms with Gasteiger partial charge in [-0.1, -0.05) is 12.1 Å². The van der Waals surface area contributed by atoms with Gasteiger partial charge in [0.05, 0.1) is 0 Å². The molecule has 2 heterocycles. The molecule has 0 atom stereocenters. The molecule has 1 aromatic heterocycles. The zero-order chi connectivity index (χ0) is 13.9. The van der Waals surface area contributed by atoms with Crippen molar-refractivity contribution in [3.05, 3.63) is 45.6 Å². The van der Waals surface area contributed by atoms with Gasteiger partial charge >= 0.3 is 5.97 Å². The van der Waals surface area contributed by atoms with Crippen LogP contribution in [0.4, 0.5) is 0 Å². The lowest BCUT2D eigenvalue weighted by atomic mass is 10.2. The summed E-state index contributed by atoms with van der Waals surface area (Å²) in [5, 5.41) is 12.1. The summed E-state index contributed by atoms with van der Waals surface area (Å²) >= 11 is 1.28. The van der Waals surface area contributed by atoms with Gasteiger partial charge in [-0.15, -0.1) is 11.3 Å². The Morgan fingerprint density at radius 3 is 2.95 bits per heavy atom. The molecule has 1 aromatic carbocycles. The second-order valence-electron chi connectivity index (χ2n) is 4.33. The number of nitrogens with one attached hydrogen (secondary N) is 1. The van der Waals surface area contributed by atoms with E-state index in [0.29, 0.717) is 18.0 Å². The molecular formula is C14H13NO4S. The van der Waals surface area contributed by atoms with Crippen LogP contribution in [0.5, 0.6) is 11.5 Å². The number of ether oxygens (including phenoxy) is 2. The van der Waals surface area contributed by atoms with Crippen LogP contribution < -0.4 is 14.8 Å². The van der Waals surface area contributed by atoms with Gasteiger partial charge in [0.25, 0.3) is 0 Å². The van der Waals surface area contributed by atoms with Crippen LogP contribution in [-0.4, -0.2) is 17.9 Å². The summed E-state index contributed by atoms with van der Waals surface area (Å²) in [4.78, 5) is 12.2. The number of para-hydroxylation sites is 1. The summed E-state index contributed by atoms with van der Waals surface area (Å²) < 4.78 is 10.8. The van der Waals surface area contributed by atoms with Crippen molar-refractivity contribution in [2.45, 2.75) is 13.1 Å². The zero-order valence-electron chi connectivity index (χ0n) is 10.6. The highest BCUT2D eigenvalue weighted by Crippen LogP contribution is 2.35. The number of carboxylic acids is 1. The van der Waals surface area contributed by atoms with Crippen molar-refractivity contribution >= 4 is 17.3 Å². The van der Waals surface area contributed by atoms with Crippen molar-refractivity contribution in [2.75, 3.05) is 6.79 Å². The van der Waals surface area contributed by atoms with Crippen molar-refractivity contribution in [3.8, 4) is 11.5 Å². The van der Waals surface area contributed by atoms with Gasteiger partial charge in [-0.2, -0.15) is 0 Å². The first-order valence-corrected chi connectivity index (χ1v) is 6.96. The maximum atomic E-state index is 10.8. The third kappa shape index (κ3) is 2.61. The van der Waals surface area contributed by atoms with Crippen molar-refractivity contribution in [1.82, 2.24) is 5.32 Å². The highest BCUT2D eigenvalue weighted by Gasteiger charge is 2.16. The van der Waals surface area contributed by atoms with Gasteiger partial charge in [0.2, 0.25) is 6.79 Å². The minimum Gasteiger partial charge on any atom is -0.477 e. The third-order valence-corrected chi connectivity index (χ3v) is 4.04. The van der Waals surface area contributed by atoms with Crippen LogP contribution in [0.1, 0.15) is 20.1 Å². The molecule has 5 nitrogen and oxygen atoms in total. The first-order valence-electron chi connectivity index (χ1n) is 6.14. The molecule has 0 unspecified atom stereocenters.